The largest absolute Gasteiger partial charge is 0.374 e. The topological polar surface area (TPSA) is 70.2 Å². The summed E-state index contributed by atoms with van der Waals surface area (Å²) in [6, 6.07) is 2.53. The van der Waals surface area contributed by atoms with Crippen LogP contribution in [0.15, 0.2) is 18.2 Å². The molecule has 0 aromatic heterocycles. The van der Waals surface area contributed by atoms with E-state index in [1.54, 1.807) is 0 Å². The maximum atomic E-state index is 13.1. The van der Waals surface area contributed by atoms with E-state index in [2.05, 4.69) is 16.0 Å². The molecule has 3 amide bonds. The van der Waals surface area contributed by atoms with Crippen LogP contribution in [0.2, 0.25) is 5.02 Å². The Hall–Kier alpha value is -1.82. The second-order valence-corrected chi connectivity index (χ2v) is 4.03. The zero-order valence-corrected chi connectivity index (χ0v) is 10.6. The van der Waals surface area contributed by atoms with Crippen molar-refractivity contribution in [1.82, 2.24) is 10.6 Å². The minimum Gasteiger partial charge on any atom is -0.374 e. The number of imide groups is 1. The van der Waals surface area contributed by atoms with Gasteiger partial charge in [-0.2, -0.15) is 0 Å². The number of hydrogen-bond donors (Lipinski definition) is 3. The van der Waals surface area contributed by atoms with Crippen LogP contribution < -0.4 is 16.0 Å². The van der Waals surface area contributed by atoms with E-state index in [-0.39, 0.29) is 5.02 Å². The molecule has 1 rings (SSSR count). The third kappa shape index (κ3) is 4.21. The van der Waals surface area contributed by atoms with E-state index >= 15 is 0 Å². The maximum absolute atomic E-state index is 13.1. The SMILES string of the molecule is CNC(=O)NC(=O)C(C)Nc1cc(F)cc(Cl)c1. The molecule has 0 heterocycles. The zero-order chi connectivity index (χ0) is 13.7. The Balaban J connectivity index is 2.66. The van der Waals surface area contributed by atoms with Crippen molar-refractivity contribution in [2.75, 3.05) is 12.4 Å². The number of nitrogens with one attached hydrogen (secondary N) is 3. The van der Waals surface area contributed by atoms with E-state index in [4.69, 9.17) is 11.6 Å². The van der Waals surface area contributed by atoms with Gasteiger partial charge in [0, 0.05) is 17.8 Å². The first kappa shape index (κ1) is 14.2. The van der Waals surface area contributed by atoms with Crippen molar-refractivity contribution >= 4 is 29.2 Å². The average molecular weight is 274 g/mol. The van der Waals surface area contributed by atoms with Crippen LogP contribution in [0.5, 0.6) is 0 Å². The molecule has 3 N–H and O–H groups in total. The molecule has 1 aromatic rings. The summed E-state index contributed by atoms with van der Waals surface area (Å²) in [6.45, 7) is 1.54. The third-order valence-electron chi connectivity index (χ3n) is 2.10. The first-order valence-electron chi connectivity index (χ1n) is 5.17. The Morgan fingerprint density at radius 1 is 1.33 bits per heavy atom. The number of rotatable bonds is 3. The maximum Gasteiger partial charge on any atom is 0.321 e. The van der Waals surface area contributed by atoms with Crippen molar-refractivity contribution in [1.29, 1.82) is 0 Å². The Labute approximate surface area is 109 Å². The summed E-state index contributed by atoms with van der Waals surface area (Å²) >= 11 is 5.68. The Kier molecular flexibility index (Phi) is 4.91. The van der Waals surface area contributed by atoms with E-state index in [1.165, 1.54) is 26.1 Å². The van der Waals surface area contributed by atoms with Gasteiger partial charge in [-0.3, -0.25) is 10.1 Å². The Morgan fingerprint density at radius 2 is 2.00 bits per heavy atom. The lowest BCUT2D eigenvalue weighted by Crippen LogP contribution is -2.44. The molecular formula is C11H13ClFN3O2. The number of anilines is 1. The molecule has 1 unspecified atom stereocenters. The molecule has 0 spiro atoms. The quantitative estimate of drug-likeness (QED) is 0.786. The standard InChI is InChI=1S/C11H13ClFN3O2/c1-6(10(17)16-11(18)14-2)15-9-4-7(12)3-8(13)5-9/h3-6,15H,1-2H3,(H2,14,16,17,18). The zero-order valence-electron chi connectivity index (χ0n) is 9.88. The lowest BCUT2D eigenvalue weighted by Gasteiger charge is -2.14. The molecule has 0 aliphatic heterocycles. The smallest absolute Gasteiger partial charge is 0.321 e. The molecule has 0 aliphatic rings. The van der Waals surface area contributed by atoms with Crippen LogP contribution in [0.1, 0.15) is 6.92 Å². The fraction of sp³-hybridized carbons (Fsp3) is 0.273. The average Bonchev–Trinajstić information content (AvgIpc) is 2.27. The number of carbonyl (C=O) groups excluding carboxylic acids is 2. The molecule has 0 saturated heterocycles. The lowest BCUT2D eigenvalue weighted by molar-refractivity contribution is -0.120. The fourth-order valence-corrected chi connectivity index (χ4v) is 1.46. The molecule has 7 heteroatoms. The number of amides is 3. The predicted molar refractivity (Wildman–Crippen MR) is 67.1 cm³/mol. The van der Waals surface area contributed by atoms with Gasteiger partial charge < -0.3 is 10.6 Å². The van der Waals surface area contributed by atoms with Crippen molar-refractivity contribution < 1.29 is 14.0 Å². The van der Waals surface area contributed by atoms with Gasteiger partial charge in [0.15, 0.2) is 0 Å². The highest BCUT2D eigenvalue weighted by Gasteiger charge is 2.15. The van der Waals surface area contributed by atoms with Gasteiger partial charge in [-0.1, -0.05) is 11.6 Å². The number of carbonyl (C=O) groups is 2. The first-order valence-corrected chi connectivity index (χ1v) is 5.55. The molecular weight excluding hydrogens is 261 g/mol. The van der Waals surface area contributed by atoms with Crippen molar-refractivity contribution in [3.8, 4) is 0 Å². The van der Waals surface area contributed by atoms with Crippen LogP contribution in [0, 0.1) is 5.82 Å². The summed E-state index contributed by atoms with van der Waals surface area (Å²) in [5.74, 6) is -1.04. The molecule has 18 heavy (non-hydrogen) atoms. The second kappa shape index (κ2) is 6.20. The van der Waals surface area contributed by atoms with Gasteiger partial charge >= 0.3 is 6.03 Å². The molecule has 1 aromatic carbocycles. The Bertz CT molecular complexity index is 447. The van der Waals surface area contributed by atoms with Crippen LogP contribution in [0.25, 0.3) is 0 Å². The summed E-state index contributed by atoms with van der Waals surface area (Å²) in [6.07, 6.45) is 0. The van der Waals surface area contributed by atoms with E-state index in [0.717, 1.165) is 6.07 Å². The fourth-order valence-electron chi connectivity index (χ4n) is 1.24. The van der Waals surface area contributed by atoms with Gasteiger partial charge in [0.25, 0.3) is 0 Å². The molecule has 0 radical (unpaired) electrons. The van der Waals surface area contributed by atoms with E-state index in [0.29, 0.717) is 5.69 Å². The molecule has 5 nitrogen and oxygen atoms in total. The van der Waals surface area contributed by atoms with Crippen molar-refractivity contribution in [2.45, 2.75) is 13.0 Å². The highest BCUT2D eigenvalue weighted by molar-refractivity contribution is 6.30. The van der Waals surface area contributed by atoms with E-state index in [9.17, 15) is 14.0 Å². The van der Waals surface area contributed by atoms with E-state index in [1.807, 2.05) is 0 Å². The van der Waals surface area contributed by atoms with Crippen molar-refractivity contribution in [3.05, 3.63) is 29.0 Å². The van der Waals surface area contributed by atoms with Gasteiger partial charge in [0.05, 0.1) is 0 Å². The van der Waals surface area contributed by atoms with Gasteiger partial charge in [-0.25, -0.2) is 9.18 Å². The van der Waals surface area contributed by atoms with Crippen LogP contribution in [0.3, 0.4) is 0 Å². The van der Waals surface area contributed by atoms with Crippen LogP contribution in [0.4, 0.5) is 14.9 Å². The summed E-state index contributed by atoms with van der Waals surface area (Å²) < 4.78 is 13.1. The number of urea groups is 1. The third-order valence-corrected chi connectivity index (χ3v) is 2.32. The lowest BCUT2D eigenvalue weighted by atomic mass is 10.2. The first-order chi connectivity index (χ1) is 8.42. The minimum atomic E-state index is -0.708. The molecule has 98 valence electrons. The number of benzene rings is 1. The summed E-state index contributed by atoms with van der Waals surface area (Å²) in [5.41, 5.74) is 0.361. The summed E-state index contributed by atoms with van der Waals surface area (Å²) in [5, 5.41) is 7.31. The minimum absolute atomic E-state index is 0.219. The van der Waals surface area contributed by atoms with Crippen molar-refractivity contribution in [2.24, 2.45) is 0 Å². The summed E-state index contributed by atoms with van der Waals surface area (Å²) in [7, 11) is 1.40. The van der Waals surface area contributed by atoms with Gasteiger partial charge in [-0.15, -0.1) is 0 Å². The monoisotopic (exact) mass is 273 g/mol. The van der Waals surface area contributed by atoms with Crippen LogP contribution in [-0.4, -0.2) is 25.0 Å². The second-order valence-electron chi connectivity index (χ2n) is 3.59. The highest BCUT2D eigenvalue weighted by atomic mass is 35.5. The number of halogens is 2. The van der Waals surface area contributed by atoms with Gasteiger partial charge in [0.2, 0.25) is 5.91 Å². The molecule has 0 saturated carbocycles. The number of hydrogen-bond acceptors (Lipinski definition) is 3. The summed E-state index contributed by atoms with van der Waals surface area (Å²) in [4.78, 5) is 22.5. The highest BCUT2D eigenvalue weighted by Crippen LogP contribution is 2.18. The predicted octanol–water partition coefficient (Wildman–Crippen LogP) is 1.74. The van der Waals surface area contributed by atoms with Crippen molar-refractivity contribution in [3.63, 3.8) is 0 Å². The molecule has 0 fully saturated rings. The molecule has 0 aliphatic carbocycles. The van der Waals surface area contributed by atoms with Crippen LogP contribution in [-0.2, 0) is 4.79 Å². The Morgan fingerprint density at radius 3 is 2.56 bits per heavy atom. The molecule has 0 bridgehead atoms. The molecule has 1 atom stereocenters. The van der Waals surface area contributed by atoms with E-state index < -0.39 is 23.8 Å². The van der Waals surface area contributed by atoms with Gasteiger partial charge in [0.1, 0.15) is 11.9 Å². The van der Waals surface area contributed by atoms with Crippen LogP contribution >= 0.6 is 11.6 Å². The normalized spacial score (nSPS) is 11.6. The van der Waals surface area contributed by atoms with Gasteiger partial charge in [-0.05, 0) is 25.1 Å².